The first-order chi connectivity index (χ1) is 11.3. The molecule has 0 saturated heterocycles. The Balaban J connectivity index is 1.89. The lowest BCUT2D eigenvalue weighted by Crippen LogP contribution is -2.11. The summed E-state index contributed by atoms with van der Waals surface area (Å²) in [4.78, 5) is 13.5. The topological polar surface area (TPSA) is 111 Å². The lowest BCUT2D eigenvalue weighted by atomic mass is 10.2. The van der Waals surface area contributed by atoms with Crippen molar-refractivity contribution >= 4 is 43.9 Å². The van der Waals surface area contributed by atoms with Gasteiger partial charge in [0.15, 0.2) is 10.9 Å². The van der Waals surface area contributed by atoms with Crippen molar-refractivity contribution in [2.45, 2.75) is 11.8 Å². The summed E-state index contributed by atoms with van der Waals surface area (Å²) in [7, 11) is -3.70. The summed E-state index contributed by atoms with van der Waals surface area (Å²) in [6, 6.07) is 6.34. The van der Waals surface area contributed by atoms with Gasteiger partial charge in [-0.1, -0.05) is 35.1 Å². The van der Waals surface area contributed by atoms with Crippen molar-refractivity contribution in [1.29, 1.82) is 0 Å². The molecule has 10 heteroatoms. The summed E-state index contributed by atoms with van der Waals surface area (Å²) in [5, 5.41) is 9.07. The second-order valence-corrected chi connectivity index (χ2v) is 7.80. The van der Waals surface area contributed by atoms with Crippen LogP contribution in [0.2, 0.25) is 5.15 Å². The van der Waals surface area contributed by atoms with E-state index in [-0.39, 0.29) is 10.0 Å². The smallest absolute Gasteiger partial charge is 0.238 e. The lowest BCUT2D eigenvalue weighted by Gasteiger charge is -2.01. The standard InChI is InChI=1S/C14H12ClN5O2S2/c1-8-13(9-2-4-10(5-3-9)24(16,21)22)23-14(18-8)20-12-7-17-6-11(15)19-12/h2-7H,1H3,(H2,16,21,22)(H,18,19,20). The van der Waals surface area contributed by atoms with Gasteiger partial charge >= 0.3 is 0 Å². The zero-order valence-corrected chi connectivity index (χ0v) is 14.8. The number of hydrogen-bond donors (Lipinski definition) is 2. The maximum Gasteiger partial charge on any atom is 0.238 e. The van der Waals surface area contributed by atoms with E-state index in [2.05, 4.69) is 20.3 Å². The molecule has 0 aliphatic rings. The van der Waals surface area contributed by atoms with E-state index in [4.69, 9.17) is 16.7 Å². The number of nitrogens with one attached hydrogen (secondary N) is 1. The van der Waals surface area contributed by atoms with E-state index in [0.717, 1.165) is 16.1 Å². The monoisotopic (exact) mass is 381 g/mol. The molecule has 2 aromatic heterocycles. The second kappa shape index (κ2) is 6.44. The average molecular weight is 382 g/mol. The molecule has 124 valence electrons. The molecule has 0 spiro atoms. The first kappa shape index (κ1) is 16.8. The van der Waals surface area contributed by atoms with Gasteiger partial charge in [-0.25, -0.2) is 23.5 Å². The molecule has 0 aliphatic heterocycles. The number of halogens is 1. The van der Waals surface area contributed by atoms with Crippen LogP contribution in [-0.4, -0.2) is 23.4 Å². The van der Waals surface area contributed by atoms with Crippen LogP contribution in [0.3, 0.4) is 0 Å². The van der Waals surface area contributed by atoms with Gasteiger partial charge in [-0.2, -0.15) is 0 Å². The van der Waals surface area contributed by atoms with Crippen molar-refractivity contribution in [1.82, 2.24) is 15.0 Å². The van der Waals surface area contributed by atoms with Crippen LogP contribution in [-0.2, 0) is 10.0 Å². The van der Waals surface area contributed by atoms with Crippen molar-refractivity contribution in [3.63, 3.8) is 0 Å². The van der Waals surface area contributed by atoms with Gasteiger partial charge in [-0.3, -0.25) is 4.98 Å². The summed E-state index contributed by atoms with van der Waals surface area (Å²) >= 11 is 7.22. The highest BCUT2D eigenvalue weighted by Gasteiger charge is 2.13. The van der Waals surface area contributed by atoms with Crippen LogP contribution >= 0.6 is 22.9 Å². The fraction of sp³-hybridized carbons (Fsp3) is 0.0714. The van der Waals surface area contributed by atoms with E-state index < -0.39 is 10.0 Å². The SMILES string of the molecule is Cc1nc(Nc2cncc(Cl)n2)sc1-c1ccc(S(N)(=O)=O)cc1. The number of aromatic nitrogens is 3. The van der Waals surface area contributed by atoms with Gasteiger partial charge in [0, 0.05) is 0 Å². The van der Waals surface area contributed by atoms with Gasteiger partial charge in [-0.05, 0) is 24.6 Å². The van der Waals surface area contributed by atoms with Gasteiger partial charge in [0.25, 0.3) is 0 Å². The van der Waals surface area contributed by atoms with Crippen LogP contribution in [0.5, 0.6) is 0 Å². The number of sulfonamides is 1. The minimum absolute atomic E-state index is 0.0703. The summed E-state index contributed by atoms with van der Waals surface area (Å²) in [6.45, 7) is 1.87. The van der Waals surface area contributed by atoms with Gasteiger partial charge in [0.2, 0.25) is 10.0 Å². The van der Waals surface area contributed by atoms with Crippen molar-refractivity contribution in [3.05, 3.63) is 47.5 Å². The van der Waals surface area contributed by atoms with Crippen LogP contribution in [0, 0.1) is 6.92 Å². The molecule has 3 N–H and O–H groups in total. The molecule has 0 unspecified atom stereocenters. The van der Waals surface area contributed by atoms with E-state index >= 15 is 0 Å². The highest BCUT2D eigenvalue weighted by atomic mass is 35.5. The zero-order chi connectivity index (χ0) is 17.3. The molecule has 3 aromatic rings. The fourth-order valence-corrected chi connectivity index (χ4v) is 3.67. The molecule has 3 rings (SSSR count). The van der Waals surface area contributed by atoms with Crippen molar-refractivity contribution < 1.29 is 8.42 Å². The largest absolute Gasteiger partial charge is 0.315 e. The average Bonchev–Trinajstić information content (AvgIpc) is 2.87. The Hall–Kier alpha value is -2.07. The van der Waals surface area contributed by atoms with Gasteiger partial charge in [0.1, 0.15) is 5.15 Å². The van der Waals surface area contributed by atoms with Gasteiger partial charge < -0.3 is 5.32 Å². The predicted molar refractivity (Wildman–Crippen MR) is 94.0 cm³/mol. The quantitative estimate of drug-likeness (QED) is 0.718. The first-order valence-electron chi connectivity index (χ1n) is 6.68. The second-order valence-electron chi connectivity index (χ2n) is 4.85. The number of benzene rings is 1. The Morgan fingerprint density at radius 3 is 2.50 bits per heavy atom. The Morgan fingerprint density at radius 1 is 1.17 bits per heavy atom. The molecule has 24 heavy (non-hydrogen) atoms. The number of nitrogens with zero attached hydrogens (tertiary/aromatic N) is 3. The predicted octanol–water partition coefficient (Wildman–Crippen LogP) is 2.95. The van der Waals surface area contributed by atoms with E-state index in [1.807, 2.05) is 6.92 Å². The molecule has 0 radical (unpaired) electrons. The van der Waals surface area contributed by atoms with Crippen LogP contribution in [0.1, 0.15) is 5.69 Å². The van der Waals surface area contributed by atoms with Crippen LogP contribution in [0.15, 0.2) is 41.6 Å². The summed E-state index contributed by atoms with van der Waals surface area (Å²) < 4.78 is 22.6. The highest BCUT2D eigenvalue weighted by Crippen LogP contribution is 2.34. The third kappa shape index (κ3) is 3.70. The van der Waals surface area contributed by atoms with Gasteiger partial charge in [-0.15, -0.1) is 0 Å². The number of nitrogens with two attached hydrogens (primary N) is 1. The Labute approximate surface area is 147 Å². The third-order valence-electron chi connectivity index (χ3n) is 3.08. The van der Waals surface area contributed by atoms with E-state index in [0.29, 0.717) is 10.9 Å². The number of aryl methyl sites for hydroxylation is 1. The lowest BCUT2D eigenvalue weighted by molar-refractivity contribution is 0.598. The number of thiazole rings is 1. The molecule has 7 nitrogen and oxygen atoms in total. The maximum atomic E-state index is 11.3. The fourth-order valence-electron chi connectivity index (χ4n) is 2.03. The van der Waals surface area contributed by atoms with Gasteiger partial charge in [0.05, 0.1) is 27.9 Å². The van der Waals surface area contributed by atoms with Crippen LogP contribution in [0.4, 0.5) is 10.9 Å². The van der Waals surface area contributed by atoms with Crippen LogP contribution < -0.4 is 10.5 Å². The molecule has 0 bridgehead atoms. The molecule has 0 amide bonds. The Morgan fingerprint density at radius 2 is 1.88 bits per heavy atom. The molecule has 1 aromatic carbocycles. The molecule has 2 heterocycles. The van der Waals surface area contributed by atoms with E-state index in [1.165, 1.54) is 29.7 Å². The molecule has 0 aliphatic carbocycles. The minimum Gasteiger partial charge on any atom is -0.315 e. The summed E-state index contributed by atoms with van der Waals surface area (Å²) in [5.41, 5.74) is 1.66. The number of anilines is 2. The molecule has 0 fully saturated rings. The van der Waals surface area contributed by atoms with E-state index in [9.17, 15) is 8.42 Å². The normalized spacial score (nSPS) is 11.5. The molecule has 0 saturated carbocycles. The summed E-state index contributed by atoms with van der Waals surface area (Å²) in [6.07, 6.45) is 2.99. The molecule has 0 atom stereocenters. The van der Waals surface area contributed by atoms with Crippen LogP contribution in [0.25, 0.3) is 10.4 Å². The molecular weight excluding hydrogens is 370 g/mol. The third-order valence-corrected chi connectivity index (χ3v) is 5.32. The highest BCUT2D eigenvalue weighted by molar-refractivity contribution is 7.89. The molecular formula is C14H12ClN5O2S2. The number of hydrogen-bond acceptors (Lipinski definition) is 7. The zero-order valence-electron chi connectivity index (χ0n) is 12.4. The van der Waals surface area contributed by atoms with Crippen molar-refractivity contribution in [2.24, 2.45) is 5.14 Å². The van der Waals surface area contributed by atoms with Crippen molar-refractivity contribution in [3.8, 4) is 10.4 Å². The first-order valence-corrected chi connectivity index (χ1v) is 9.42. The number of rotatable bonds is 4. The Bertz CT molecular complexity index is 987. The van der Waals surface area contributed by atoms with Crippen molar-refractivity contribution in [2.75, 3.05) is 5.32 Å². The number of primary sulfonamides is 1. The summed E-state index contributed by atoms with van der Waals surface area (Å²) in [5.74, 6) is 0.493. The minimum atomic E-state index is -3.70. The maximum absolute atomic E-state index is 11.3. The van der Waals surface area contributed by atoms with E-state index in [1.54, 1.807) is 18.3 Å². The Kier molecular flexibility index (Phi) is 4.50.